The molecule has 3 aromatic heterocycles. The zero-order chi connectivity index (χ0) is 19.1. The van der Waals surface area contributed by atoms with Crippen LogP contribution in [0.1, 0.15) is 13.8 Å². The molecule has 0 N–H and O–H groups in total. The van der Waals surface area contributed by atoms with Crippen molar-refractivity contribution >= 4 is 22.2 Å². The molecule has 0 amide bonds. The van der Waals surface area contributed by atoms with Gasteiger partial charge in [-0.05, 0) is 23.8 Å². The highest BCUT2D eigenvalue weighted by molar-refractivity contribution is 6.02. The molecule has 1 aliphatic rings. The van der Waals surface area contributed by atoms with E-state index in [-0.39, 0.29) is 5.65 Å². The third-order valence-electron chi connectivity index (χ3n) is 4.21. The summed E-state index contributed by atoms with van der Waals surface area (Å²) in [7, 11) is 0. The van der Waals surface area contributed by atoms with Crippen molar-refractivity contribution in [2.24, 2.45) is 14.0 Å². The number of aryl methyl sites for hydroxylation is 2. The molecule has 0 saturated carbocycles. The SMILES string of the molecule is [2H]C([2H])([2H])n1c2cccnc2c2c1[n+](C([2H])([2H])[2H])c1n2Cc2ccccc2-1. The fourth-order valence-electron chi connectivity index (χ4n) is 3.33. The van der Waals surface area contributed by atoms with Gasteiger partial charge in [-0.1, -0.05) is 18.2 Å². The van der Waals surface area contributed by atoms with E-state index in [1.54, 1.807) is 18.3 Å². The van der Waals surface area contributed by atoms with E-state index in [9.17, 15) is 0 Å². The molecule has 0 radical (unpaired) electrons. The van der Waals surface area contributed by atoms with Crippen LogP contribution in [0.2, 0.25) is 0 Å². The van der Waals surface area contributed by atoms with Crippen LogP contribution in [-0.2, 0) is 20.5 Å². The van der Waals surface area contributed by atoms with Gasteiger partial charge < -0.3 is 0 Å². The average molecular weight is 281 g/mol. The molecule has 0 unspecified atom stereocenters. The van der Waals surface area contributed by atoms with Crippen LogP contribution in [0.4, 0.5) is 0 Å². The van der Waals surface area contributed by atoms with Crippen molar-refractivity contribution in [2.45, 2.75) is 6.54 Å². The minimum Gasteiger partial charge on any atom is -0.257 e. The number of pyridine rings is 1. The lowest BCUT2D eigenvalue weighted by atomic mass is 10.1. The third kappa shape index (κ3) is 1.17. The Balaban J connectivity index is 2.07. The van der Waals surface area contributed by atoms with Crippen LogP contribution >= 0.6 is 0 Å². The molecule has 4 heterocycles. The van der Waals surface area contributed by atoms with Gasteiger partial charge in [0.2, 0.25) is 11.3 Å². The van der Waals surface area contributed by atoms with Crippen molar-refractivity contribution in [3.63, 3.8) is 0 Å². The van der Waals surface area contributed by atoms with Gasteiger partial charge in [0.15, 0.2) is 0 Å². The van der Waals surface area contributed by atoms with Crippen molar-refractivity contribution in [1.29, 1.82) is 0 Å². The molecule has 0 aliphatic carbocycles. The Labute approximate surface area is 130 Å². The van der Waals surface area contributed by atoms with E-state index in [2.05, 4.69) is 4.98 Å². The Morgan fingerprint density at radius 2 is 2.19 bits per heavy atom. The number of benzene rings is 1. The van der Waals surface area contributed by atoms with Gasteiger partial charge in [0, 0.05) is 6.20 Å². The highest BCUT2D eigenvalue weighted by atomic mass is 15.2. The van der Waals surface area contributed by atoms with E-state index in [4.69, 9.17) is 8.22 Å². The molecule has 0 spiro atoms. The first kappa shape index (κ1) is 6.89. The molecule has 102 valence electrons. The maximum absolute atomic E-state index is 8.12. The summed E-state index contributed by atoms with van der Waals surface area (Å²) >= 11 is 0. The molecule has 21 heavy (non-hydrogen) atoms. The highest BCUT2D eigenvalue weighted by Gasteiger charge is 2.34. The van der Waals surface area contributed by atoms with Gasteiger partial charge >= 0.3 is 0 Å². The van der Waals surface area contributed by atoms with Gasteiger partial charge in [0.25, 0.3) is 5.65 Å². The van der Waals surface area contributed by atoms with Gasteiger partial charge in [0.05, 0.1) is 34.3 Å². The second-order valence-electron chi connectivity index (χ2n) is 5.28. The largest absolute Gasteiger partial charge is 0.270 e. The van der Waals surface area contributed by atoms with Gasteiger partial charge in [-0.15, -0.1) is 0 Å². The molecular weight excluding hydrogens is 260 g/mol. The summed E-state index contributed by atoms with van der Waals surface area (Å²) < 4.78 is 52.6. The van der Waals surface area contributed by atoms with E-state index in [1.807, 2.05) is 28.8 Å². The number of fused-ring (bicyclic) bond motifs is 7. The normalized spacial score (nSPS) is 18.5. The average Bonchev–Trinajstić information content (AvgIpc) is 3.18. The van der Waals surface area contributed by atoms with Crippen LogP contribution < -0.4 is 4.57 Å². The molecule has 0 saturated heterocycles. The minimum absolute atomic E-state index is 0.146. The Morgan fingerprint density at radius 3 is 3.10 bits per heavy atom. The van der Waals surface area contributed by atoms with Crippen LogP contribution in [0.15, 0.2) is 42.6 Å². The molecular formula is C17H15N4+. The molecule has 0 bridgehead atoms. The summed E-state index contributed by atoms with van der Waals surface area (Å²) in [5.41, 5.74) is 3.36. The lowest BCUT2D eigenvalue weighted by Gasteiger charge is -1.98. The smallest absolute Gasteiger partial charge is 0.257 e. The summed E-state index contributed by atoms with van der Waals surface area (Å²) in [5, 5.41) is 0. The summed E-state index contributed by atoms with van der Waals surface area (Å²) in [6, 6.07) is 10.9. The van der Waals surface area contributed by atoms with Crippen molar-refractivity contribution in [3.8, 4) is 11.4 Å². The summed E-state index contributed by atoms with van der Waals surface area (Å²) in [4.78, 5) is 4.39. The van der Waals surface area contributed by atoms with E-state index in [0.29, 0.717) is 28.9 Å². The quantitative estimate of drug-likeness (QED) is 0.400. The van der Waals surface area contributed by atoms with Gasteiger partial charge in [-0.2, -0.15) is 0 Å². The third-order valence-corrected chi connectivity index (χ3v) is 4.21. The Hall–Kier alpha value is -2.62. The maximum atomic E-state index is 8.12. The van der Waals surface area contributed by atoms with Crippen LogP contribution in [-0.4, -0.2) is 14.1 Å². The topological polar surface area (TPSA) is 26.6 Å². The predicted molar refractivity (Wildman–Crippen MR) is 81.9 cm³/mol. The van der Waals surface area contributed by atoms with Crippen molar-refractivity contribution in [3.05, 3.63) is 48.2 Å². The van der Waals surface area contributed by atoms with Crippen LogP contribution in [0.3, 0.4) is 0 Å². The zero-order valence-corrected chi connectivity index (χ0v) is 11.0. The Bertz CT molecular complexity index is 1230. The van der Waals surface area contributed by atoms with Crippen molar-refractivity contribution in [2.75, 3.05) is 0 Å². The Morgan fingerprint density at radius 1 is 1.24 bits per heavy atom. The van der Waals surface area contributed by atoms with Gasteiger partial charge in [-0.25, -0.2) is 14.1 Å². The van der Waals surface area contributed by atoms with Crippen molar-refractivity contribution < 1.29 is 12.8 Å². The summed E-state index contributed by atoms with van der Waals surface area (Å²) in [6.07, 6.45) is 1.59. The van der Waals surface area contributed by atoms with E-state index in [1.165, 1.54) is 4.57 Å². The van der Waals surface area contributed by atoms with E-state index < -0.39 is 14.0 Å². The lowest BCUT2D eigenvalue weighted by molar-refractivity contribution is -0.636. The number of imidazole rings is 1. The number of hydrogen-bond donors (Lipinski definition) is 0. The molecule has 1 aliphatic heterocycles. The summed E-state index contributed by atoms with van der Waals surface area (Å²) in [6.45, 7) is -4.62. The zero-order valence-electron chi connectivity index (χ0n) is 17.0. The second-order valence-corrected chi connectivity index (χ2v) is 5.28. The first-order chi connectivity index (χ1) is 12.7. The number of nitrogens with zero attached hydrogens (tertiary/aromatic N) is 4. The fourth-order valence-corrected chi connectivity index (χ4v) is 3.33. The van der Waals surface area contributed by atoms with Crippen molar-refractivity contribution in [1.82, 2.24) is 14.1 Å². The molecule has 4 heteroatoms. The van der Waals surface area contributed by atoms with Gasteiger partial charge in [0.1, 0.15) is 11.0 Å². The maximum Gasteiger partial charge on any atom is 0.270 e. The molecule has 0 fully saturated rings. The predicted octanol–water partition coefficient (Wildman–Crippen LogP) is 2.38. The number of aromatic nitrogens is 4. The van der Waals surface area contributed by atoms with Crippen LogP contribution in [0, 0.1) is 0 Å². The summed E-state index contributed by atoms with van der Waals surface area (Å²) in [5.74, 6) is 0.487. The highest BCUT2D eigenvalue weighted by Crippen LogP contribution is 2.36. The van der Waals surface area contributed by atoms with Gasteiger partial charge in [-0.3, -0.25) is 4.57 Å². The minimum atomic E-state index is -2.55. The Kier molecular flexibility index (Phi) is 1.16. The van der Waals surface area contributed by atoms with E-state index >= 15 is 0 Å². The van der Waals surface area contributed by atoms with Crippen LogP contribution in [0.5, 0.6) is 0 Å². The second kappa shape index (κ2) is 3.52. The molecule has 4 nitrogen and oxygen atoms in total. The van der Waals surface area contributed by atoms with E-state index in [0.717, 1.165) is 15.7 Å². The molecule has 1 aromatic carbocycles. The first-order valence-electron chi connectivity index (χ1n) is 9.72. The molecule has 4 aromatic rings. The monoisotopic (exact) mass is 281 g/mol. The lowest BCUT2D eigenvalue weighted by Crippen LogP contribution is -2.31. The van der Waals surface area contributed by atoms with Crippen LogP contribution in [0.25, 0.3) is 33.6 Å². The standard InChI is InChI=1S/C17H15N4/c1-19-13-8-5-9-18-14(13)15-17(19)20(2)16-12-7-4-3-6-11(12)10-21(15)16/h3-9H,10H2,1-2H3/q+1/i1D3,2D3. The number of rotatable bonds is 0. The fraction of sp³-hybridized carbons (Fsp3) is 0.176. The first-order valence-corrected chi connectivity index (χ1v) is 6.72. The number of hydrogen-bond acceptors (Lipinski definition) is 1. The molecule has 5 rings (SSSR count). The molecule has 0 atom stereocenters.